The first-order chi connectivity index (χ1) is 16.3. The van der Waals surface area contributed by atoms with E-state index in [-0.39, 0.29) is 6.61 Å². The van der Waals surface area contributed by atoms with Gasteiger partial charge in [-0.1, -0.05) is 78.9 Å². The summed E-state index contributed by atoms with van der Waals surface area (Å²) in [6.07, 6.45) is 1.25. The largest absolute Gasteiger partial charge is 0.456 e. The Morgan fingerprint density at radius 2 is 1.44 bits per heavy atom. The second kappa shape index (κ2) is 11.3. The summed E-state index contributed by atoms with van der Waals surface area (Å²) in [5, 5.41) is 0. The number of carbonyl (C=O) groups excluding carboxylic acids is 2. The van der Waals surface area contributed by atoms with Gasteiger partial charge in [-0.25, -0.2) is 9.59 Å². The summed E-state index contributed by atoms with van der Waals surface area (Å²) in [6, 6.07) is 25.9. The molecule has 34 heavy (non-hydrogen) atoms. The minimum Gasteiger partial charge on any atom is -0.456 e. The van der Waals surface area contributed by atoms with Crippen LogP contribution in [0.4, 0.5) is 4.79 Å². The molecule has 3 rings (SSSR count). The van der Waals surface area contributed by atoms with Gasteiger partial charge in [-0.05, 0) is 49.6 Å². The number of hydrogen-bond donors (Lipinski definition) is 0. The molecule has 0 aromatic heterocycles. The van der Waals surface area contributed by atoms with E-state index < -0.39 is 23.7 Å². The van der Waals surface area contributed by atoms with Crippen LogP contribution in [0.15, 0.2) is 97.6 Å². The van der Waals surface area contributed by atoms with Gasteiger partial charge >= 0.3 is 12.1 Å². The lowest BCUT2D eigenvalue weighted by Gasteiger charge is -2.29. The Labute approximate surface area is 201 Å². The van der Waals surface area contributed by atoms with E-state index in [0.717, 1.165) is 16.7 Å². The van der Waals surface area contributed by atoms with E-state index in [1.807, 2.05) is 93.6 Å². The molecule has 1 amide bonds. The van der Waals surface area contributed by atoms with Crippen LogP contribution < -0.4 is 0 Å². The van der Waals surface area contributed by atoms with E-state index in [1.165, 1.54) is 0 Å². The number of nitrogens with zero attached hydrogens (tertiary/aromatic N) is 1. The van der Waals surface area contributed by atoms with Gasteiger partial charge in [-0.3, -0.25) is 4.90 Å². The lowest BCUT2D eigenvalue weighted by molar-refractivity contribution is 0.00693. The summed E-state index contributed by atoms with van der Waals surface area (Å²) in [5.41, 5.74) is 2.57. The summed E-state index contributed by atoms with van der Waals surface area (Å²) in [5.74, 6) is -0.391. The van der Waals surface area contributed by atoms with Gasteiger partial charge in [-0.2, -0.15) is 0 Å². The summed E-state index contributed by atoms with van der Waals surface area (Å²) in [7, 11) is 0. The Kier molecular flexibility index (Phi) is 8.25. The number of ether oxygens (including phenoxy) is 2. The fourth-order valence-electron chi connectivity index (χ4n) is 3.46. The minimum absolute atomic E-state index is 0.173. The van der Waals surface area contributed by atoms with Crippen molar-refractivity contribution in [2.75, 3.05) is 0 Å². The molecule has 0 aliphatic carbocycles. The Morgan fingerprint density at radius 3 is 1.97 bits per heavy atom. The van der Waals surface area contributed by atoms with Crippen molar-refractivity contribution in [3.8, 4) is 0 Å². The van der Waals surface area contributed by atoms with Gasteiger partial charge in [0.2, 0.25) is 0 Å². The molecule has 0 N–H and O–H groups in total. The predicted molar refractivity (Wildman–Crippen MR) is 133 cm³/mol. The number of hydrogen-bond acceptors (Lipinski definition) is 4. The lowest BCUT2D eigenvalue weighted by Crippen LogP contribution is -2.34. The highest BCUT2D eigenvalue weighted by Gasteiger charge is 2.25. The average molecular weight is 458 g/mol. The van der Waals surface area contributed by atoms with Crippen molar-refractivity contribution in [1.82, 2.24) is 4.90 Å². The van der Waals surface area contributed by atoms with Crippen LogP contribution in [0, 0.1) is 0 Å². The molecule has 0 bridgehead atoms. The molecule has 0 aliphatic rings. The number of amides is 1. The first kappa shape index (κ1) is 24.8. The van der Waals surface area contributed by atoms with E-state index in [0.29, 0.717) is 12.1 Å². The molecule has 5 nitrogen and oxygen atoms in total. The molecule has 0 spiro atoms. The van der Waals surface area contributed by atoms with Crippen LogP contribution >= 0.6 is 0 Å². The molecule has 1 unspecified atom stereocenters. The van der Waals surface area contributed by atoms with E-state index in [4.69, 9.17) is 9.47 Å². The standard InChI is InChI=1S/C29H31NO4/c1-5-26(24-16-18-25(19-17-24)27(31)34-29(2,3)4)30(20-22-12-8-6-9-13-22)28(32)33-21-23-14-10-7-11-15-23/h5-19,26H,1,20-21H2,2-4H3. The second-order valence-corrected chi connectivity index (χ2v) is 8.96. The molecule has 0 radical (unpaired) electrons. The first-order valence-electron chi connectivity index (χ1n) is 11.2. The van der Waals surface area contributed by atoms with Crippen molar-refractivity contribution in [1.29, 1.82) is 0 Å². The quantitative estimate of drug-likeness (QED) is 0.279. The number of esters is 1. The van der Waals surface area contributed by atoms with Gasteiger partial charge in [0, 0.05) is 6.54 Å². The van der Waals surface area contributed by atoms with Gasteiger partial charge in [0.05, 0.1) is 11.6 Å². The molecule has 176 valence electrons. The van der Waals surface area contributed by atoms with Crippen molar-refractivity contribution in [2.24, 2.45) is 0 Å². The Bertz CT molecular complexity index is 1090. The number of rotatable bonds is 8. The SMILES string of the molecule is C=CC(c1ccc(C(=O)OC(C)(C)C)cc1)N(Cc1ccccc1)C(=O)OCc1ccccc1. The zero-order valence-electron chi connectivity index (χ0n) is 19.9. The number of benzene rings is 3. The van der Waals surface area contributed by atoms with Gasteiger partial charge in [0.15, 0.2) is 0 Å². The van der Waals surface area contributed by atoms with Gasteiger partial charge in [0.1, 0.15) is 12.2 Å². The van der Waals surface area contributed by atoms with Gasteiger partial charge in [0.25, 0.3) is 0 Å². The number of carbonyl (C=O) groups is 2. The third-order valence-electron chi connectivity index (χ3n) is 5.08. The molecule has 0 heterocycles. The lowest BCUT2D eigenvalue weighted by atomic mass is 10.0. The van der Waals surface area contributed by atoms with Crippen LogP contribution in [0.2, 0.25) is 0 Å². The van der Waals surface area contributed by atoms with Crippen molar-refractivity contribution < 1.29 is 19.1 Å². The molecular weight excluding hydrogens is 426 g/mol. The monoisotopic (exact) mass is 457 g/mol. The van der Waals surface area contributed by atoms with Crippen LogP contribution in [0.3, 0.4) is 0 Å². The van der Waals surface area contributed by atoms with E-state index in [2.05, 4.69) is 6.58 Å². The Hall–Kier alpha value is -3.86. The first-order valence-corrected chi connectivity index (χ1v) is 11.2. The smallest absolute Gasteiger partial charge is 0.411 e. The molecule has 0 saturated carbocycles. The normalized spacial score (nSPS) is 11.9. The highest BCUT2D eigenvalue weighted by atomic mass is 16.6. The summed E-state index contributed by atoms with van der Waals surface area (Å²) < 4.78 is 11.1. The molecule has 5 heteroatoms. The zero-order chi connectivity index (χ0) is 24.6. The Morgan fingerprint density at radius 1 is 0.882 bits per heavy atom. The van der Waals surface area contributed by atoms with Crippen LogP contribution in [-0.2, 0) is 22.6 Å². The average Bonchev–Trinajstić information content (AvgIpc) is 2.83. The highest BCUT2D eigenvalue weighted by molar-refractivity contribution is 5.89. The topological polar surface area (TPSA) is 55.8 Å². The zero-order valence-corrected chi connectivity index (χ0v) is 19.9. The molecule has 3 aromatic rings. The van der Waals surface area contributed by atoms with E-state index in [9.17, 15) is 9.59 Å². The molecule has 0 fully saturated rings. The van der Waals surface area contributed by atoms with E-state index >= 15 is 0 Å². The van der Waals surface area contributed by atoms with Crippen LogP contribution in [0.5, 0.6) is 0 Å². The third kappa shape index (κ3) is 7.07. The Balaban J connectivity index is 1.83. The molecule has 0 saturated heterocycles. The summed E-state index contributed by atoms with van der Waals surface area (Å²) >= 11 is 0. The maximum absolute atomic E-state index is 13.2. The summed E-state index contributed by atoms with van der Waals surface area (Å²) in [6.45, 7) is 9.97. The fourth-order valence-corrected chi connectivity index (χ4v) is 3.46. The highest BCUT2D eigenvalue weighted by Crippen LogP contribution is 2.26. The molecule has 3 aromatic carbocycles. The van der Waals surface area contributed by atoms with Gasteiger partial charge < -0.3 is 9.47 Å². The van der Waals surface area contributed by atoms with E-state index in [1.54, 1.807) is 23.1 Å². The predicted octanol–water partition coefficient (Wildman–Crippen LogP) is 6.71. The molecular formula is C29H31NO4. The summed E-state index contributed by atoms with van der Waals surface area (Å²) in [4.78, 5) is 27.2. The maximum Gasteiger partial charge on any atom is 0.411 e. The van der Waals surface area contributed by atoms with Crippen LogP contribution in [-0.4, -0.2) is 22.6 Å². The van der Waals surface area contributed by atoms with Crippen LogP contribution in [0.25, 0.3) is 0 Å². The second-order valence-electron chi connectivity index (χ2n) is 8.96. The van der Waals surface area contributed by atoms with Crippen molar-refractivity contribution >= 4 is 12.1 Å². The molecule has 0 aliphatic heterocycles. The maximum atomic E-state index is 13.2. The van der Waals surface area contributed by atoms with Crippen molar-refractivity contribution in [3.05, 3.63) is 120 Å². The van der Waals surface area contributed by atoms with Gasteiger partial charge in [-0.15, -0.1) is 6.58 Å². The molecule has 1 atom stereocenters. The van der Waals surface area contributed by atoms with Crippen molar-refractivity contribution in [2.45, 2.75) is 45.6 Å². The van der Waals surface area contributed by atoms with Crippen molar-refractivity contribution in [3.63, 3.8) is 0 Å². The fraction of sp³-hybridized carbons (Fsp3) is 0.241. The van der Waals surface area contributed by atoms with Crippen LogP contribution in [0.1, 0.15) is 53.9 Å². The minimum atomic E-state index is -0.575. The third-order valence-corrected chi connectivity index (χ3v) is 5.08.